The van der Waals surface area contributed by atoms with Crippen LogP contribution in [0, 0.1) is 33.1 Å². The van der Waals surface area contributed by atoms with Crippen molar-refractivity contribution in [1.29, 1.82) is 0 Å². The number of fused-ring (bicyclic) bond motifs is 2. The second-order valence-electron chi connectivity index (χ2n) is 14.7. The Hall–Kier alpha value is -5.20. The lowest BCUT2D eigenvalue weighted by atomic mass is 9.75. The van der Waals surface area contributed by atoms with Gasteiger partial charge in [-0.3, -0.25) is 0 Å². The summed E-state index contributed by atoms with van der Waals surface area (Å²) in [7, 11) is 0. The fourth-order valence-electron chi connectivity index (χ4n) is 8.59. The van der Waals surface area contributed by atoms with Gasteiger partial charge in [0, 0.05) is 5.41 Å². The van der Waals surface area contributed by atoms with Crippen LogP contribution < -0.4 is 0 Å². The van der Waals surface area contributed by atoms with E-state index in [1.807, 2.05) is 0 Å². The van der Waals surface area contributed by atoms with Gasteiger partial charge in [-0.2, -0.15) is 0 Å². The smallest absolute Gasteiger partial charge is 0.00773 e. The van der Waals surface area contributed by atoms with Crippen molar-refractivity contribution >= 4 is 12.2 Å². The van der Waals surface area contributed by atoms with Crippen LogP contribution in [0.3, 0.4) is 0 Å². The van der Waals surface area contributed by atoms with Gasteiger partial charge in [0.25, 0.3) is 0 Å². The van der Waals surface area contributed by atoms with E-state index >= 15 is 0 Å². The van der Waals surface area contributed by atoms with Gasteiger partial charge in [-0.15, -0.1) is 0 Å². The van der Waals surface area contributed by atoms with Gasteiger partial charge in [0.15, 0.2) is 0 Å². The third kappa shape index (κ3) is 5.22. The first-order chi connectivity index (χ1) is 23.7. The van der Waals surface area contributed by atoms with Gasteiger partial charge in [0.1, 0.15) is 0 Å². The highest BCUT2D eigenvalue weighted by molar-refractivity contribution is 5.89. The Morgan fingerprint density at radius 2 is 0.816 bits per heavy atom. The Bertz CT molecular complexity index is 2140. The average Bonchev–Trinajstić information content (AvgIpc) is 3.76. The van der Waals surface area contributed by atoms with Crippen molar-refractivity contribution in [2.24, 2.45) is 5.41 Å². The first-order valence-corrected chi connectivity index (χ1v) is 17.7. The Kier molecular flexibility index (Phi) is 7.64. The molecule has 0 saturated carbocycles. The molecule has 0 atom stereocenters. The van der Waals surface area contributed by atoms with Gasteiger partial charge in [-0.1, -0.05) is 158 Å². The third-order valence-electron chi connectivity index (χ3n) is 11.4. The maximum atomic E-state index is 2.52. The summed E-state index contributed by atoms with van der Waals surface area (Å²) in [5.41, 5.74) is 24.5. The van der Waals surface area contributed by atoms with Crippen LogP contribution in [0.1, 0.15) is 58.4 Å². The number of aryl methyl sites for hydroxylation is 2. The van der Waals surface area contributed by atoms with Crippen LogP contribution in [0.5, 0.6) is 0 Å². The van der Waals surface area contributed by atoms with E-state index in [0.717, 1.165) is 12.8 Å². The third-order valence-corrected chi connectivity index (χ3v) is 11.4. The first kappa shape index (κ1) is 31.1. The SMILES string of the molecule is Cc1ccc(-c2cccc3c2C=C(C(C)(C)C2=Cc4c(cccc4-c4ccc(C)c(-c5ccccc5)c4C)C2)C3)c(C)c1-c1ccccc1. The highest BCUT2D eigenvalue weighted by atomic mass is 14.4. The molecule has 8 rings (SSSR count). The minimum Gasteiger partial charge on any atom is -0.0622 e. The van der Waals surface area contributed by atoms with Crippen molar-refractivity contribution in [3.8, 4) is 44.5 Å². The summed E-state index contributed by atoms with van der Waals surface area (Å²) in [6.45, 7) is 13.9. The van der Waals surface area contributed by atoms with Crippen LogP contribution in [-0.4, -0.2) is 0 Å². The molecule has 0 radical (unpaired) electrons. The molecule has 0 fully saturated rings. The topological polar surface area (TPSA) is 0 Å². The van der Waals surface area contributed by atoms with Gasteiger partial charge in [0.2, 0.25) is 0 Å². The molecule has 0 aliphatic heterocycles. The van der Waals surface area contributed by atoms with E-state index in [4.69, 9.17) is 0 Å². The monoisotopic (exact) mass is 632 g/mol. The summed E-state index contributed by atoms with van der Waals surface area (Å²) in [6, 6.07) is 44.8. The Morgan fingerprint density at radius 3 is 1.22 bits per heavy atom. The number of benzene rings is 6. The molecule has 49 heavy (non-hydrogen) atoms. The average molecular weight is 633 g/mol. The van der Waals surface area contributed by atoms with Crippen molar-refractivity contribution in [1.82, 2.24) is 0 Å². The molecule has 0 amide bonds. The normalized spacial score (nSPS) is 13.6. The molecule has 0 nitrogen and oxygen atoms in total. The Labute approximate surface area is 292 Å². The highest BCUT2D eigenvalue weighted by Crippen LogP contribution is 2.49. The van der Waals surface area contributed by atoms with Crippen LogP contribution in [0.25, 0.3) is 56.7 Å². The molecule has 0 bridgehead atoms. The Balaban J connectivity index is 1.17. The summed E-state index contributed by atoms with van der Waals surface area (Å²) in [6.07, 6.45) is 7.02. The minimum atomic E-state index is -0.0678. The lowest BCUT2D eigenvalue weighted by molar-refractivity contribution is 0.526. The molecule has 0 saturated heterocycles. The number of hydrogen-bond donors (Lipinski definition) is 0. The standard InChI is InChI=1S/C49H44/c1-31-23-25-41(33(3)47(31)35-15-9-7-10-16-35)43-21-13-19-37-27-39(29-45(37)43)49(5,6)40-28-38-20-14-22-44(46(38)30-40)42-26-24-32(2)48(34(42)4)36-17-11-8-12-18-36/h7-26,29-30H,27-28H2,1-6H3. The van der Waals surface area contributed by atoms with E-state index in [2.05, 4.69) is 175 Å². The van der Waals surface area contributed by atoms with Crippen molar-refractivity contribution in [3.05, 3.63) is 177 Å². The van der Waals surface area contributed by atoms with E-state index in [1.165, 1.54) is 100 Å². The largest absolute Gasteiger partial charge is 0.0622 e. The number of hydrogen-bond acceptors (Lipinski definition) is 0. The minimum absolute atomic E-state index is 0.0678. The van der Waals surface area contributed by atoms with Gasteiger partial charge in [-0.25, -0.2) is 0 Å². The van der Waals surface area contributed by atoms with Gasteiger partial charge >= 0.3 is 0 Å². The molecular weight excluding hydrogens is 589 g/mol. The van der Waals surface area contributed by atoms with Gasteiger partial charge < -0.3 is 0 Å². The van der Waals surface area contributed by atoms with E-state index in [-0.39, 0.29) is 5.41 Å². The second kappa shape index (κ2) is 12.0. The molecule has 2 aliphatic rings. The zero-order valence-electron chi connectivity index (χ0n) is 29.6. The highest BCUT2D eigenvalue weighted by Gasteiger charge is 2.34. The molecule has 0 heteroatoms. The maximum Gasteiger partial charge on any atom is 0.00773 e. The molecule has 0 heterocycles. The summed E-state index contributed by atoms with van der Waals surface area (Å²) in [4.78, 5) is 0. The molecule has 0 N–H and O–H groups in total. The fraction of sp³-hybridized carbons (Fsp3) is 0.184. The van der Waals surface area contributed by atoms with Crippen molar-refractivity contribution in [2.45, 2.75) is 54.4 Å². The van der Waals surface area contributed by atoms with Crippen LogP contribution in [0.4, 0.5) is 0 Å². The second-order valence-corrected chi connectivity index (χ2v) is 14.7. The number of allylic oxidation sites excluding steroid dienone is 2. The first-order valence-electron chi connectivity index (χ1n) is 17.7. The summed E-state index contributed by atoms with van der Waals surface area (Å²) < 4.78 is 0. The lowest BCUT2D eigenvalue weighted by Gasteiger charge is -2.28. The molecule has 0 spiro atoms. The van der Waals surface area contributed by atoms with Crippen LogP contribution >= 0.6 is 0 Å². The quantitative estimate of drug-likeness (QED) is 0.171. The zero-order chi connectivity index (χ0) is 33.9. The van der Waals surface area contributed by atoms with Crippen molar-refractivity contribution < 1.29 is 0 Å². The molecule has 2 aliphatic carbocycles. The predicted molar refractivity (Wildman–Crippen MR) is 211 cm³/mol. The zero-order valence-corrected chi connectivity index (χ0v) is 29.6. The molecular formula is C49H44. The summed E-state index contributed by atoms with van der Waals surface area (Å²) in [5, 5.41) is 0. The van der Waals surface area contributed by atoms with Gasteiger partial charge in [-0.05, 0) is 130 Å². The molecule has 0 aromatic heterocycles. The van der Waals surface area contributed by atoms with Gasteiger partial charge in [0.05, 0.1) is 0 Å². The van der Waals surface area contributed by atoms with Crippen LogP contribution in [0.15, 0.2) is 132 Å². The summed E-state index contributed by atoms with van der Waals surface area (Å²) in [5.74, 6) is 0. The van der Waals surface area contributed by atoms with E-state index < -0.39 is 0 Å². The Morgan fingerprint density at radius 1 is 0.408 bits per heavy atom. The maximum absolute atomic E-state index is 2.52. The van der Waals surface area contributed by atoms with E-state index in [1.54, 1.807) is 0 Å². The van der Waals surface area contributed by atoms with Crippen LogP contribution in [0.2, 0.25) is 0 Å². The van der Waals surface area contributed by atoms with E-state index in [9.17, 15) is 0 Å². The molecule has 0 unspecified atom stereocenters. The fourth-order valence-corrected chi connectivity index (χ4v) is 8.59. The molecule has 6 aromatic rings. The number of rotatable bonds is 6. The predicted octanol–water partition coefficient (Wildman–Crippen LogP) is 13.2. The van der Waals surface area contributed by atoms with Crippen molar-refractivity contribution in [3.63, 3.8) is 0 Å². The van der Waals surface area contributed by atoms with Crippen molar-refractivity contribution in [2.75, 3.05) is 0 Å². The lowest BCUT2D eigenvalue weighted by Crippen LogP contribution is -2.18. The van der Waals surface area contributed by atoms with Crippen LogP contribution in [-0.2, 0) is 12.8 Å². The van der Waals surface area contributed by atoms with E-state index in [0.29, 0.717) is 0 Å². The summed E-state index contributed by atoms with van der Waals surface area (Å²) >= 11 is 0. The molecule has 6 aromatic carbocycles. The molecule has 240 valence electrons.